The van der Waals surface area contributed by atoms with Crippen LogP contribution in [0, 0.1) is 0 Å². The number of morpholine rings is 1. The van der Waals surface area contributed by atoms with Gasteiger partial charge in [0.25, 0.3) is 5.91 Å². The molecular weight excluding hydrogens is 238 g/mol. The normalized spacial score (nSPS) is 20.2. The zero-order chi connectivity index (χ0) is 12.1. The standard InChI is InChI=1S/C11H17N3O2S/c1-2-10-14-8(7-17-10)5-13-11(15)9-6-12-3-4-16-9/h7,9,12H,2-6H2,1H3,(H,13,15). The fourth-order valence-electron chi connectivity index (χ4n) is 1.62. The van der Waals surface area contributed by atoms with Gasteiger partial charge in [-0.15, -0.1) is 11.3 Å². The molecule has 2 rings (SSSR count). The summed E-state index contributed by atoms with van der Waals surface area (Å²) in [4.78, 5) is 16.1. The van der Waals surface area contributed by atoms with Crippen LogP contribution in [-0.2, 0) is 22.5 Å². The molecule has 0 spiro atoms. The van der Waals surface area contributed by atoms with E-state index in [0.717, 1.165) is 23.7 Å². The minimum absolute atomic E-state index is 0.0664. The largest absolute Gasteiger partial charge is 0.366 e. The number of hydrogen-bond acceptors (Lipinski definition) is 5. The molecule has 17 heavy (non-hydrogen) atoms. The van der Waals surface area contributed by atoms with Crippen LogP contribution in [0.15, 0.2) is 5.38 Å². The molecule has 1 amide bonds. The van der Waals surface area contributed by atoms with Crippen molar-refractivity contribution in [2.45, 2.75) is 26.0 Å². The van der Waals surface area contributed by atoms with E-state index in [1.165, 1.54) is 0 Å². The first-order valence-corrected chi connectivity index (χ1v) is 6.71. The van der Waals surface area contributed by atoms with Crippen LogP contribution in [0.25, 0.3) is 0 Å². The number of nitrogens with one attached hydrogen (secondary N) is 2. The molecule has 1 fully saturated rings. The molecule has 1 aliphatic heterocycles. The number of nitrogens with zero attached hydrogens (tertiary/aromatic N) is 1. The van der Waals surface area contributed by atoms with Crippen LogP contribution in [0.5, 0.6) is 0 Å². The van der Waals surface area contributed by atoms with E-state index >= 15 is 0 Å². The smallest absolute Gasteiger partial charge is 0.250 e. The highest BCUT2D eigenvalue weighted by atomic mass is 32.1. The molecule has 6 heteroatoms. The van der Waals surface area contributed by atoms with Gasteiger partial charge in [0.15, 0.2) is 0 Å². The Hall–Kier alpha value is -0.980. The summed E-state index contributed by atoms with van der Waals surface area (Å²) >= 11 is 1.63. The van der Waals surface area contributed by atoms with Gasteiger partial charge in [0, 0.05) is 18.5 Å². The average molecular weight is 255 g/mol. The maximum Gasteiger partial charge on any atom is 0.250 e. The van der Waals surface area contributed by atoms with Crippen LogP contribution in [0.4, 0.5) is 0 Å². The maximum atomic E-state index is 11.7. The third-order valence-electron chi connectivity index (χ3n) is 2.57. The Kier molecular flexibility index (Phi) is 4.47. The number of aryl methyl sites for hydroxylation is 1. The molecular formula is C11H17N3O2S. The van der Waals surface area contributed by atoms with E-state index in [2.05, 4.69) is 22.5 Å². The molecule has 1 saturated heterocycles. The Morgan fingerprint density at radius 1 is 1.76 bits per heavy atom. The third-order valence-corrected chi connectivity index (χ3v) is 3.61. The number of rotatable bonds is 4. The maximum absolute atomic E-state index is 11.7. The lowest BCUT2D eigenvalue weighted by Crippen LogP contribution is -2.47. The van der Waals surface area contributed by atoms with Gasteiger partial charge in [-0.1, -0.05) is 6.92 Å². The molecule has 0 aromatic carbocycles. The Morgan fingerprint density at radius 2 is 2.65 bits per heavy atom. The zero-order valence-electron chi connectivity index (χ0n) is 9.86. The van der Waals surface area contributed by atoms with Gasteiger partial charge in [-0.3, -0.25) is 4.79 Å². The topological polar surface area (TPSA) is 63.2 Å². The quantitative estimate of drug-likeness (QED) is 0.813. The molecule has 1 unspecified atom stereocenters. The Morgan fingerprint density at radius 3 is 3.29 bits per heavy atom. The molecule has 0 saturated carbocycles. The lowest BCUT2D eigenvalue weighted by atomic mass is 10.3. The van der Waals surface area contributed by atoms with Crippen molar-refractivity contribution in [3.05, 3.63) is 16.1 Å². The van der Waals surface area contributed by atoms with E-state index < -0.39 is 0 Å². The Balaban J connectivity index is 1.78. The van der Waals surface area contributed by atoms with E-state index in [0.29, 0.717) is 19.7 Å². The van der Waals surface area contributed by atoms with Crippen molar-refractivity contribution in [1.82, 2.24) is 15.6 Å². The lowest BCUT2D eigenvalue weighted by Gasteiger charge is -2.22. The second kappa shape index (κ2) is 6.09. The van der Waals surface area contributed by atoms with E-state index in [9.17, 15) is 4.79 Å². The van der Waals surface area contributed by atoms with Gasteiger partial charge in [-0.05, 0) is 6.42 Å². The fourth-order valence-corrected chi connectivity index (χ4v) is 2.36. The number of amides is 1. The summed E-state index contributed by atoms with van der Waals surface area (Å²) in [6.45, 7) is 4.55. The van der Waals surface area contributed by atoms with Gasteiger partial charge >= 0.3 is 0 Å². The molecule has 94 valence electrons. The number of hydrogen-bond donors (Lipinski definition) is 2. The summed E-state index contributed by atoms with van der Waals surface area (Å²) in [7, 11) is 0. The van der Waals surface area contributed by atoms with Crippen LogP contribution in [0.3, 0.4) is 0 Å². The van der Waals surface area contributed by atoms with Crippen LogP contribution >= 0.6 is 11.3 Å². The van der Waals surface area contributed by atoms with Gasteiger partial charge in [0.1, 0.15) is 6.10 Å². The molecule has 1 aromatic heterocycles. The summed E-state index contributed by atoms with van der Waals surface area (Å²) in [6, 6.07) is 0. The van der Waals surface area contributed by atoms with Crippen molar-refractivity contribution in [2.24, 2.45) is 0 Å². The number of thiazole rings is 1. The van der Waals surface area contributed by atoms with Crippen molar-refractivity contribution in [3.8, 4) is 0 Å². The minimum atomic E-state index is -0.368. The van der Waals surface area contributed by atoms with Crippen molar-refractivity contribution < 1.29 is 9.53 Å². The van der Waals surface area contributed by atoms with Gasteiger partial charge in [0.2, 0.25) is 0 Å². The third kappa shape index (κ3) is 3.49. The zero-order valence-corrected chi connectivity index (χ0v) is 10.7. The minimum Gasteiger partial charge on any atom is -0.366 e. The molecule has 0 aliphatic carbocycles. The highest BCUT2D eigenvalue weighted by molar-refractivity contribution is 7.09. The first kappa shape index (κ1) is 12.5. The first-order valence-electron chi connectivity index (χ1n) is 5.83. The number of ether oxygens (including phenoxy) is 1. The van der Waals surface area contributed by atoms with Gasteiger partial charge < -0.3 is 15.4 Å². The summed E-state index contributed by atoms with van der Waals surface area (Å²) in [6.07, 6.45) is 0.571. The molecule has 2 heterocycles. The highest BCUT2D eigenvalue weighted by Crippen LogP contribution is 2.09. The number of carbonyl (C=O) groups excluding carboxylic acids is 1. The molecule has 2 N–H and O–H groups in total. The van der Waals surface area contributed by atoms with Crippen LogP contribution in [-0.4, -0.2) is 36.7 Å². The number of carbonyl (C=O) groups is 1. The second-order valence-electron chi connectivity index (χ2n) is 3.87. The second-order valence-corrected chi connectivity index (χ2v) is 4.81. The summed E-state index contributed by atoms with van der Waals surface area (Å²) in [5.74, 6) is -0.0664. The van der Waals surface area contributed by atoms with Gasteiger partial charge in [0.05, 0.1) is 23.9 Å². The number of aromatic nitrogens is 1. The molecule has 1 aliphatic rings. The monoisotopic (exact) mass is 255 g/mol. The van der Waals surface area contributed by atoms with Crippen LogP contribution in [0.1, 0.15) is 17.6 Å². The molecule has 0 radical (unpaired) electrons. The fraction of sp³-hybridized carbons (Fsp3) is 0.636. The van der Waals surface area contributed by atoms with E-state index in [1.54, 1.807) is 11.3 Å². The molecule has 1 atom stereocenters. The van der Waals surface area contributed by atoms with Crippen LogP contribution < -0.4 is 10.6 Å². The Labute approximate surface area is 105 Å². The van der Waals surface area contributed by atoms with E-state index in [-0.39, 0.29) is 12.0 Å². The van der Waals surface area contributed by atoms with Crippen molar-refractivity contribution >= 4 is 17.2 Å². The predicted molar refractivity (Wildman–Crippen MR) is 65.9 cm³/mol. The lowest BCUT2D eigenvalue weighted by molar-refractivity contribution is -0.134. The van der Waals surface area contributed by atoms with Crippen molar-refractivity contribution in [1.29, 1.82) is 0 Å². The summed E-state index contributed by atoms with van der Waals surface area (Å²) < 4.78 is 5.36. The average Bonchev–Trinajstić information content (AvgIpc) is 2.85. The van der Waals surface area contributed by atoms with Gasteiger partial charge in [-0.25, -0.2) is 4.98 Å². The molecule has 5 nitrogen and oxygen atoms in total. The van der Waals surface area contributed by atoms with Crippen LogP contribution in [0.2, 0.25) is 0 Å². The van der Waals surface area contributed by atoms with Crippen molar-refractivity contribution in [3.63, 3.8) is 0 Å². The van der Waals surface area contributed by atoms with Crippen molar-refractivity contribution in [2.75, 3.05) is 19.7 Å². The van der Waals surface area contributed by atoms with E-state index in [1.807, 2.05) is 5.38 Å². The predicted octanol–water partition coefficient (Wildman–Crippen LogP) is 0.310. The summed E-state index contributed by atoms with van der Waals surface area (Å²) in [5.41, 5.74) is 0.920. The van der Waals surface area contributed by atoms with E-state index in [4.69, 9.17) is 4.74 Å². The first-order chi connectivity index (χ1) is 8.29. The van der Waals surface area contributed by atoms with Gasteiger partial charge in [-0.2, -0.15) is 0 Å². The molecule has 1 aromatic rings. The molecule has 0 bridgehead atoms. The summed E-state index contributed by atoms with van der Waals surface area (Å²) in [5, 5.41) is 9.06. The Bertz CT molecular complexity index is 375. The highest BCUT2D eigenvalue weighted by Gasteiger charge is 2.21. The SMILES string of the molecule is CCc1nc(CNC(=O)C2CNCCO2)cs1.